The highest BCUT2D eigenvalue weighted by atomic mass is 79.9. The average molecular weight is 374 g/mol. The molecule has 1 aliphatic heterocycles. The molecule has 0 spiro atoms. The standard InChI is InChI=1S/C15H21BrFN3O2/c1-15(2,20-3-5-22-6-4-20)9-19-12-8-10(16)7-11(17)13(12)14(18)21/h7-8,19H,3-6,9H2,1-2H3,(H2,18,21). The van der Waals surface area contributed by atoms with Crippen LogP contribution in [0.2, 0.25) is 0 Å². The van der Waals surface area contributed by atoms with Gasteiger partial charge in [-0.3, -0.25) is 9.69 Å². The molecule has 0 unspecified atom stereocenters. The largest absolute Gasteiger partial charge is 0.382 e. The first kappa shape index (κ1) is 17.2. The molecule has 1 aliphatic rings. The summed E-state index contributed by atoms with van der Waals surface area (Å²) in [6.45, 7) is 7.88. The summed E-state index contributed by atoms with van der Waals surface area (Å²) in [5.74, 6) is -1.41. The third-order valence-electron chi connectivity index (χ3n) is 3.88. The van der Waals surface area contributed by atoms with Crippen molar-refractivity contribution in [3.05, 3.63) is 28.0 Å². The maximum atomic E-state index is 13.9. The SMILES string of the molecule is CC(C)(CNc1cc(Br)cc(F)c1C(N)=O)N1CCOCC1. The zero-order chi connectivity index (χ0) is 16.3. The van der Waals surface area contributed by atoms with Gasteiger partial charge >= 0.3 is 0 Å². The summed E-state index contributed by atoms with van der Waals surface area (Å²) < 4.78 is 19.9. The quantitative estimate of drug-likeness (QED) is 0.830. The molecule has 0 radical (unpaired) electrons. The van der Waals surface area contributed by atoms with E-state index in [1.807, 2.05) is 0 Å². The van der Waals surface area contributed by atoms with Gasteiger partial charge < -0.3 is 15.8 Å². The van der Waals surface area contributed by atoms with Gasteiger partial charge in [0.05, 0.1) is 24.5 Å². The van der Waals surface area contributed by atoms with E-state index in [0.29, 0.717) is 29.9 Å². The number of amides is 1. The van der Waals surface area contributed by atoms with E-state index in [9.17, 15) is 9.18 Å². The molecule has 0 aliphatic carbocycles. The van der Waals surface area contributed by atoms with E-state index in [2.05, 4.69) is 40.0 Å². The number of halogens is 2. The number of nitrogens with one attached hydrogen (secondary N) is 1. The molecule has 22 heavy (non-hydrogen) atoms. The molecule has 0 atom stereocenters. The van der Waals surface area contributed by atoms with E-state index in [4.69, 9.17) is 10.5 Å². The lowest BCUT2D eigenvalue weighted by Gasteiger charge is -2.41. The van der Waals surface area contributed by atoms with Gasteiger partial charge in [-0.2, -0.15) is 0 Å². The van der Waals surface area contributed by atoms with Crippen molar-refractivity contribution in [2.45, 2.75) is 19.4 Å². The lowest BCUT2D eigenvalue weighted by molar-refractivity contribution is -0.00568. The Balaban J connectivity index is 2.15. The molecule has 0 bridgehead atoms. The number of nitrogens with zero attached hydrogens (tertiary/aromatic N) is 1. The number of benzene rings is 1. The fourth-order valence-corrected chi connectivity index (χ4v) is 2.99. The Kier molecular flexibility index (Phi) is 5.41. The Morgan fingerprint density at radius 3 is 2.68 bits per heavy atom. The van der Waals surface area contributed by atoms with Crippen molar-refractivity contribution in [3.63, 3.8) is 0 Å². The Bertz CT molecular complexity index is 560. The van der Waals surface area contributed by atoms with Crippen LogP contribution in [0.3, 0.4) is 0 Å². The van der Waals surface area contributed by atoms with Gasteiger partial charge in [-0.25, -0.2) is 4.39 Å². The molecule has 3 N–H and O–H groups in total. The third-order valence-corrected chi connectivity index (χ3v) is 4.34. The van der Waals surface area contributed by atoms with Crippen molar-refractivity contribution in [1.82, 2.24) is 4.90 Å². The summed E-state index contributed by atoms with van der Waals surface area (Å²) in [5, 5.41) is 3.16. The van der Waals surface area contributed by atoms with E-state index in [-0.39, 0.29) is 11.1 Å². The van der Waals surface area contributed by atoms with E-state index < -0.39 is 11.7 Å². The predicted molar refractivity (Wildman–Crippen MR) is 87.6 cm³/mol. The number of rotatable bonds is 5. The van der Waals surface area contributed by atoms with Crippen LogP contribution in [0.15, 0.2) is 16.6 Å². The van der Waals surface area contributed by atoms with E-state index in [1.54, 1.807) is 6.07 Å². The zero-order valence-electron chi connectivity index (χ0n) is 12.8. The Morgan fingerprint density at radius 1 is 1.45 bits per heavy atom. The summed E-state index contributed by atoms with van der Waals surface area (Å²) >= 11 is 3.23. The van der Waals surface area contributed by atoms with Crippen molar-refractivity contribution in [2.24, 2.45) is 5.73 Å². The number of anilines is 1. The van der Waals surface area contributed by atoms with Gasteiger partial charge in [-0.15, -0.1) is 0 Å². The summed E-state index contributed by atoms with van der Waals surface area (Å²) in [6.07, 6.45) is 0. The number of nitrogens with two attached hydrogens (primary N) is 1. The topological polar surface area (TPSA) is 67.6 Å². The minimum absolute atomic E-state index is 0.110. The predicted octanol–water partition coefficient (Wildman–Crippen LogP) is 2.21. The molecule has 0 aromatic heterocycles. The van der Waals surface area contributed by atoms with Crippen LogP contribution in [0.1, 0.15) is 24.2 Å². The van der Waals surface area contributed by atoms with Crippen LogP contribution in [0.4, 0.5) is 10.1 Å². The fourth-order valence-electron chi connectivity index (χ4n) is 2.56. The van der Waals surface area contributed by atoms with Gasteiger partial charge in [0.2, 0.25) is 0 Å². The van der Waals surface area contributed by atoms with Gasteiger partial charge in [-0.1, -0.05) is 15.9 Å². The molecule has 0 saturated carbocycles. The van der Waals surface area contributed by atoms with Crippen molar-refractivity contribution in [3.8, 4) is 0 Å². The number of hydrogen-bond acceptors (Lipinski definition) is 4. The van der Waals surface area contributed by atoms with E-state index in [1.165, 1.54) is 6.07 Å². The van der Waals surface area contributed by atoms with Gasteiger partial charge in [0.1, 0.15) is 5.82 Å². The van der Waals surface area contributed by atoms with Gasteiger partial charge in [0, 0.05) is 29.6 Å². The highest BCUT2D eigenvalue weighted by Crippen LogP contribution is 2.26. The molecule has 1 aromatic rings. The van der Waals surface area contributed by atoms with Crippen molar-refractivity contribution in [1.29, 1.82) is 0 Å². The highest BCUT2D eigenvalue weighted by molar-refractivity contribution is 9.10. The summed E-state index contributed by atoms with van der Waals surface area (Å²) in [7, 11) is 0. The van der Waals surface area contributed by atoms with E-state index in [0.717, 1.165) is 13.1 Å². The normalized spacial score (nSPS) is 16.5. The smallest absolute Gasteiger partial charge is 0.253 e. The molecular weight excluding hydrogens is 353 g/mol. The fraction of sp³-hybridized carbons (Fsp3) is 0.533. The number of primary amides is 1. The number of carbonyl (C=O) groups is 1. The van der Waals surface area contributed by atoms with E-state index >= 15 is 0 Å². The first-order valence-corrected chi connectivity index (χ1v) is 7.96. The van der Waals surface area contributed by atoms with Crippen molar-refractivity contribution in [2.75, 3.05) is 38.2 Å². The summed E-state index contributed by atoms with van der Waals surface area (Å²) in [4.78, 5) is 13.8. The molecule has 122 valence electrons. The van der Waals surface area contributed by atoms with Crippen LogP contribution in [-0.4, -0.2) is 49.2 Å². The maximum Gasteiger partial charge on any atom is 0.253 e. The van der Waals surface area contributed by atoms with Gasteiger partial charge in [-0.05, 0) is 26.0 Å². The lowest BCUT2D eigenvalue weighted by Crippen LogP contribution is -2.53. The minimum Gasteiger partial charge on any atom is -0.382 e. The molecule has 1 aromatic carbocycles. The molecule has 2 rings (SSSR count). The van der Waals surface area contributed by atoms with Crippen LogP contribution in [0.5, 0.6) is 0 Å². The van der Waals surface area contributed by atoms with Crippen LogP contribution >= 0.6 is 15.9 Å². The lowest BCUT2D eigenvalue weighted by atomic mass is 10.0. The second-order valence-electron chi connectivity index (χ2n) is 5.94. The molecule has 5 nitrogen and oxygen atoms in total. The second-order valence-corrected chi connectivity index (χ2v) is 6.86. The first-order valence-electron chi connectivity index (χ1n) is 7.17. The number of hydrogen-bond donors (Lipinski definition) is 2. The Labute approximate surface area is 138 Å². The Hall–Kier alpha value is -1.18. The van der Waals surface area contributed by atoms with Gasteiger partial charge in [0.15, 0.2) is 0 Å². The first-order chi connectivity index (χ1) is 10.3. The highest BCUT2D eigenvalue weighted by Gasteiger charge is 2.28. The zero-order valence-corrected chi connectivity index (χ0v) is 14.4. The molecule has 1 heterocycles. The minimum atomic E-state index is -0.781. The Morgan fingerprint density at radius 2 is 2.09 bits per heavy atom. The van der Waals surface area contributed by atoms with Gasteiger partial charge in [0.25, 0.3) is 5.91 Å². The second kappa shape index (κ2) is 6.93. The van der Waals surface area contributed by atoms with Crippen LogP contribution in [0, 0.1) is 5.82 Å². The maximum absolute atomic E-state index is 13.9. The molecule has 1 fully saturated rings. The molecule has 1 amide bonds. The van der Waals surface area contributed by atoms with Crippen LogP contribution in [0.25, 0.3) is 0 Å². The van der Waals surface area contributed by atoms with Crippen LogP contribution in [-0.2, 0) is 4.74 Å². The van der Waals surface area contributed by atoms with Crippen molar-refractivity contribution >= 4 is 27.5 Å². The molecule has 1 saturated heterocycles. The number of carbonyl (C=O) groups excluding carboxylic acids is 1. The van der Waals surface area contributed by atoms with Crippen molar-refractivity contribution < 1.29 is 13.9 Å². The summed E-state index contributed by atoms with van der Waals surface area (Å²) in [5.41, 5.74) is 5.42. The molecular formula is C15H21BrFN3O2. The summed E-state index contributed by atoms with van der Waals surface area (Å²) in [6, 6.07) is 2.90. The molecule has 7 heteroatoms. The third kappa shape index (κ3) is 3.97. The monoisotopic (exact) mass is 373 g/mol. The number of ether oxygens (including phenoxy) is 1. The number of morpholine rings is 1. The van der Waals surface area contributed by atoms with Crippen LogP contribution < -0.4 is 11.1 Å². The average Bonchev–Trinajstić information content (AvgIpc) is 2.45.